The predicted octanol–water partition coefficient (Wildman–Crippen LogP) is -0.107. The van der Waals surface area contributed by atoms with Crippen molar-refractivity contribution in [3.63, 3.8) is 0 Å². The lowest BCUT2D eigenvalue weighted by molar-refractivity contribution is -0.277. The van der Waals surface area contributed by atoms with E-state index < -0.39 is 43.1 Å². The van der Waals surface area contributed by atoms with E-state index in [1.54, 1.807) is 0 Å². The first-order valence-corrected chi connectivity index (χ1v) is 9.36. The molecule has 2 aliphatic heterocycles. The molecule has 2 aliphatic rings. The Hall–Kier alpha value is -3.15. The highest BCUT2D eigenvalue weighted by atomic mass is 16.7. The zero-order valence-corrected chi connectivity index (χ0v) is 16.0. The molecule has 1 saturated heterocycles. The number of hydrogen-bond donors (Lipinski definition) is 6. The minimum absolute atomic E-state index is 0.00919. The molecule has 10 heteroatoms. The second-order valence-electron chi connectivity index (χ2n) is 7.16. The number of carbonyl (C=O) groups excluding carboxylic acids is 1. The molecular formula is C21H20O10. The molecule has 0 bridgehead atoms. The Morgan fingerprint density at radius 3 is 2.45 bits per heavy atom. The highest BCUT2D eigenvalue weighted by Crippen LogP contribution is 2.36. The van der Waals surface area contributed by atoms with Crippen molar-refractivity contribution in [3.8, 4) is 23.0 Å². The van der Waals surface area contributed by atoms with E-state index in [0.29, 0.717) is 5.56 Å². The molecule has 0 aromatic heterocycles. The van der Waals surface area contributed by atoms with Gasteiger partial charge in [-0.25, -0.2) is 0 Å². The Morgan fingerprint density at radius 1 is 0.968 bits per heavy atom. The number of allylic oxidation sites excluding steroid dienone is 1. The Balaban J connectivity index is 1.53. The summed E-state index contributed by atoms with van der Waals surface area (Å²) in [5, 5.41) is 58.0. The minimum atomic E-state index is -1.58. The van der Waals surface area contributed by atoms with Crippen LogP contribution < -0.4 is 9.47 Å². The van der Waals surface area contributed by atoms with Gasteiger partial charge in [0.2, 0.25) is 12.1 Å². The Bertz CT molecular complexity index is 1030. The van der Waals surface area contributed by atoms with Crippen molar-refractivity contribution in [1.29, 1.82) is 0 Å². The van der Waals surface area contributed by atoms with Gasteiger partial charge in [0, 0.05) is 6.07 Å². The van der Waals surface area contributed by atoms with Crippen molar-refractivity contribution < 1.29 is 49.6 Å². The average molecular weight is 432 g/mol. The number of aliphatic hydroxyl groups excluding tert-OH is 4. The molecule has 0 aliphatic carbocycles. The summed E-state index contributed by atoms with van der Waals surface area (Å²) in [4.78, 5) is 12.6. The molecule has 2 aromatic carbocycles. The molecule has 1 fully saturated rings. The van der Waals surface area contributed by atoms with Gasteiger partial charge in [0.15, 0.2) is 17.3 Å². The molecule has 2 aromatic rings. The topological polar surface area (TPSA) is 166 Å². The summed E-state index contributed by atoms with van der Waals surface area (Å²) >= 11 is 0. The standard InChI is InChI=1S/C21H20O10/c22-8-16-18(26)19(27)20(28)21(31-16)29-10-2-3-11-14(7-10)30-15(17(11)25)6-9-1-4-12(23)13(24)5-9/h1-7,16,18-24,26-28H,8H2/t16-,18-,19+,20-,21-/m1/s1. The number of phenolic OH excluding ortho intramolecular Hbond substituents is 2. The molecule has 0 saturated carbocycles. The number of ether oxygens (including phenoxy) is 3. The van der Waals surface area contributed by atoms with Gasteiger partial charge in [0.1, 0.15) is 35.9 Å². The van der Waals surface area contributed by atoms with E-state index in [-0.39, 0.29) is 34.3 Å². The summed E-state index contributed by atoms with van der Waals surface area (Å²) in [6.07, 6.45) is -5.76. The quantitative estimate of drug-likeness (QED) is 0.283. The van der Waals surface area contributed by atoms with Crippen molar-refractivity contribution in [1.82, 2.24) is 0 Å². The van der Waals surface area contributed by atoms with E-state index >= 15 is 0 Å². The van der Waals surface area contributed by atoms with Crippen LogP contribution in [0.3, 0.4) is 0 Å². The first-order valence-electron chi connectivity index (χ1n) is 9.36. The maximum atomic E-state index is 12.6. The predicted molar refractivity (Wildman–Crippen MR) is 104 cm³/mol. The van der Waals surface area contributed by atoms with E-state index in [2.05, 4.69) is 0 Å². The summed E-state index contributed by atoms with van der Waals surface area (Å²) in [5.41, 5.74) is 0.694. The first-order chi connectivity index (χ1) is 14.8. The van der Waals surface area contributed by atoms with E-state index in [9.17, 15) is 35.4 Å². The van der Waals surface area contributed by atoms with Gasteiger partial charge in [0.25, 0.3) is 0 Å². The molecule has 164 valence electrons. The normalized spacial score (nSPS) is 29.0. The number of Topliss-reactive ketones (excluding diaryl/α,β-unsaturated/α-hetero) is 1. The Labute approximate surface area is 175 Å². The van der Waals surface area contributed by atoms with E-state index in [1.165, 1.54) is 42.5 Å². The summed E-state index contributed by atoms with van der Waals surface area (Å²) in [7, 11) is 0. The van der Waals surface area contributed by atoms with Crippen LogP contribution in [0.2, 0.25) is 0 Å². The van der Waals surface area contributed by atoms with Gasteiger partial charge < -0.3 is 44.8 Å². The molecule has 10 nitrogen and oxygen atoms in total. The zero-order valence-electron chi connectivity index (χ0n) is 16.0. The third-order valence-corrected chi connectivity index (χ3v) is 5.04. The number of fused-ring (bicyclic) bond motifs is 1. The van der Waals surface area contributed by atoms with Crippen molar-refractivity contribution in [2.75, 3.05) is 6.61 Å². The summed E-state index contributed by atoms with van der Waals surface area (Å²) in [5.74, 6) is -0.709. The molecule has 2 heterocycles. The third kappa shape index (κ3) is 3.94. The molecule has 6 N–H and O–H groups in total. The zero-order chi connectivity index (χ0) is 22.3. The summed E-state index contributed by atoms with van der Waals surface area (Å²) in [6, 6.07) is 8.33. The van der Waals surface area contributed by atoms with Gasteiger partial charge in [-0.05, 0) is 35.9 Å². The van der Waals surface area contributed by atoms with Crippen LogP contribution in [0.4, 0.5) is 0 Å². The van der Waals surface area contributed by atoms with Gasteiger partial charge in [-0.15, -0.1) is 0 Å². The number of benzene rings is 2. The smallest absolute Gasteiger partial charge is 0.231 e. The molecule has 0 spiro atoms. The number of phenols is 2. The summed E-state index contributed by atoms with van der Waals surface area (Å²) < 4.78 is 16.4. The van der Waals surface area contributed by atoms with Crippen LogP contribution in [-0.4, -0.2) is 73.7 Å². The fourth-order valence-electron chi connectivity index (χ4n) is 3.32. The molecule has 31 heavy (non-hydrogen) atoms. The Morgan fingerprint density at radius 2 is 1.74 bits per heavy atom. The van der Waals surface area contributed by atoms with Gasteiger partial charge in [-0.1, -0.05) is 6.07 Å². The van der Waals surface area contributed by atoms with E-state index in [1.807, 2.05) is 0 Å². The lowest BCUT2D eigenvalue weighted by Crippen LogP contribution is -2.60. The lowest BCUT2D eigenvalue weighted by atomic mass is 9.99. The average Bonchev–Trinajstić information content (AvgIpc) is 3.05. The van der Waals surface area contributed by atoms with Crippen molar-refractivity contribution in [3.05, 3.63) is 53.3 Å². The number of hydrogen-bond acceptors (Lipinski definition) is 10. The fourth-order valence-corrected chi connectivity index (χ4v) is 3.32. The number of aliphatic hydroxyl groups is 4. The van der Waals surface area contributed by atoms with E-state index in [4.69, 9.17) is 14.2 Å². The van der Waals surface area contributed by atoms with Crippen LogP contribution in [0.5, 0.6) is 23.0 Å². The van der Waals surface area contributed by atoms with Crippen LogP contribution in [0.25, 0.3) is 6.08 Å². The highest BCUT2D eigenvalue weighted by Gasteiger charge is 2.44. The van der Waals surface area contributed by atoms with E-state index in [0.717, 1.165) is 0 Å². The number of aromatic hydroxyl groups is 2. The van der Waals surface area contributed by atoms with Crippen LogP contribution in [0.1, 0.15) is 15.9 Å². The second kappa shape index (κ2) is 8.17. The van der Waals surface area contributed by atoms with Crippen LogP contribution in [-0.2, 0) is 4.74 Å². The number of rotatable bonds is 4. The van der Waals surface area contributed by atoms with Crippen LogP contribution in [0, 0.1) is 0 Å². The number of ketones is 1. The van der Waals surface area contributed by atoms with Gasteiger partial charge >= 0.3 is 0 Å². The highest BCUT2D eigenvalue weighted by molar-refractivity contribution is 6.14. The molecule has 0 unspecified atom stereocenters. The minimum Gasteiger partial charge on any atom is -0.504 e. The molecule has 4 rings (SSSR count). The maximum absolute atomic E-state index is 12.6. The third-order valence-electron chi connectivity index (χ3n) is 5.04. The molecular weight excluding hydrogens is 412 g/mol. The van der Waals surface area contributed by atoms with Crippen LogP contribution in [0.15, 0.2) is 42.2 Å². The Kier molecular flexibility index (Phi) is 5.56. The molecule has 5 atom stereocenters. The van der Waals surface area contributed by atoms with Gasteiger partial charge in [0.05, 0.1) is 12.2 Å². The van der Waals surface area contributed by atoms with Gasteiger partial charge in [-0.2, -0.15) is 0 Å². The number of carbonyl (C=O) groups is 1. The van der Waals surface area contributed by atoms with Gasteiger partial charge in [-0.3, -0.25) is 4.79 Å². The maximum Gasteiger partial charge on any atom is 0.231 e. The first kappa shape index (κ1) is 21.1. The van der Waals surface area contributed by atoms with Crippen LogP contribution >= 0.6 is 0 Å². The molecule has 0 amide bonds. The van der Waals surface area contributed by atoms with Crippen molar-refractivity contribution >= 4 is 11.9 Å². The van der Waals surface area contributed by atoms with Crippen molar-refractivity contribution in [2.24, 2.45) is 0 Å². The second-order valence-corrected chi connectivity index (χ2v) is 7.16. The monoisotopic (exact) mass is 432 g/mol. The molecule has 0 radical (unpaired) electrons. The largest absolute Gasteiger partial charge is 0.504 e. The SMILES string of the molecule is O=C1C(=Cc2ccc(O)c(O)c2)Oc2cc(O[C@@H]3O[C@H](CO)[C@@H](O)[C@H](O)[C@H]3O)ccc21. The fraction of sp³-hybridized carbons (Fsp3) is 0.286. The lowest BCUT2D eigenvalue weighted by Gasteiger charge is -2.39. The summed E-state index contributed by atoms with van der Waals surface area (Å²) in [6.45, 7) is -0.590. The van der Waals surface area contributed by atoms with Crippen molar-refractivity contribution in [2.45, 2.75) is 30.7 Å².